The fraction of sp³-hybridized carbons (Fsp3) is 0.353. The van der Waals surface area contributed by atoms with E-state index in [9.17, 15) is 4.21 Å². The van der Waals surface area contributed by atoms with Gasteiger partial charge in [-0.15, -0.1) is 0 Å². The molecule has 3 heterocycles. The SMILES string of the molecule is O=S1Cc2cccnc2C(N2CCNCC2)c2ccc(Cl)cc21. The van der Waals surface area contributed by atoms with E-state index in [0.717, 1.165) is 47.9 Å². The van der Waals surface area contributed by atoms with E-state index in [0.29, 0.717) is 10.8 Å². The van der Waals surface area contributed by atoms with E-state index in [2.05, 4.69) is 15.2 Å². The van der Waals surface area contributed by atoms with Gasteiger partial charge in [-0.3, -0.25) is 14.1 Å². The van der Waals surface area contributed by atoms with Gasteiger partial charge >= 0.3 is 0 Å². The highest BCUT2D eigenvalue weighted by atomic mass is 35.5. The molecule has 0 bridgehead atoms. The number of fused-ring (bicyclic) bond motifs is 2. The number of piperazine rings is 1. The van der Waals surface area contributed by atoms with Crippen molar-refractivity contribution in [3.8, 4) is 0 Å². The van der Waals surface area contributed by atoms with E-state index in [1.807, 2.05) is 36.5 Å². The molecule has 4 rings (SSSR count). The summed E-state index contributed by atoms with van der Waals surface area (Å²) in [6.07, 6.45) is 1.83. The van der Waals surface area contributed by atoms with Crippen LogP contribution in [0.5, 0.6) is 0 Å². The largest absolute Gasteiger partial charge is 0.314 e. The summed E-state index contributed by atoms with van der Waals surface area (Å²) in [5.41, 5.74) is 3.18. The van der Waals surface area contributed by atoms with Crippen LogP contribution >= 0.6 is 11.6 Å². The first-order valence-corrected chi connectivity index (χ1v) is 9.50. The van der Waals surface area contributed by atoms with Crippen LogP contribution in [0.15, 0.2) is 41.4 Å². The molecule has 2 aromatic rings. The molecule has 6 heteroatoms. The van der Waals surface area contributed by atoms with E-state index in [4.69, 9.17) is 11.6 Å². The highest BCUT2D eigenvalue weighted by molar-refractivity contribution is 7.84. The van der Waals surface area contributed by atoms with Gasteiger partial charge in [0.05, 0.1) is 28.3 Å². The number of benzene rings is 1. The molecule has 1 aromatic carbocycles. The van der Waals surface area contributed by atoms with Crippen LogP contribution in [-0.4, -0.2) is 40.3 Å². The summed E-state index contributed by atoms with van der Waals surface area (Å²) in [5.74, 6) is 0.499. The van der Waals surface area contributed by atoms with Crippen molar-refractivity contribution in [1.29, 1.82) is 0 Å². The van der Waals surface area contributed by atoms with Crippen molar-refractivity contribution >= 4 is 22.4 Å². The Hall–Kier alpha value is -1.27. The summed E-state index contributed by atoms with van der Waals surface area (Å²) in [6, 6.07) is 9.78. The Morgan fingerprint density at radius 3 is 2.91 bits per heavy atom. The molecule has 23 heavy (non-hydrogen) atoms. The van der Waals surface area contributed by atoms with Crippen LogP contribution in [0.2, 0.25) is 5.02 Å². The van der Waals surface area contributed by atoms with Gasteiger partial charge in [-0.1, -0.05) is 23.7 Å². The van der Waals surface area contributed by atoms with Crippen molar-refractivity contribution in [1.82, 2.24) is 15.2 Å². The average Bonchev–Trinajstić information content (AvgIpc) is 2.70. The lowest BCUT2D eigenvalue weighted by Crippen LogP contribution is -2.45. The van der Waals surface area contributed by atoms with Crippen LogP contribution in [0.1, 0.15) is 22.9 Å². The third kappa shape index (κ3) is 2.83. The van der Waals surface area contributed by atoms with E-state index in [1.165, 1.54) is 0 Å². The first-order chi connectivity index (χ1) is 11.2. The van der Waals surface area contributed by atoms with Gasteiger partial charge in [0.15, 0.2) is 0 Å². The second kappa shape index (κ2) is 6.32. The number of hydrogen-bond donors (Lipinski definition) is 1. The summed E-state index contributed by atoms with van der Waals surface area (Å²) in [6.45, 7) is 3.83. The minimum absolute atomic E-state index is 0.0482. The smallest absolute Gasteiger partial charge is 0.0792 e. The molecule has 0 spiro atoms. The van der Waals surface area contributed by atoms with Crippen molar-refractivity contribution in [2.75, 3.05) is 26.2 Å². The number of hydrogen-bond acceptors (Lipinski definition) is 4. The van der Waals surface area contributed by atoms with Gasteiger partial charge in [-0.05, 0) is 29.3 Å². The van der Waals surface area contributed by atoms with E-state index < -0.39 is 10.8 Å². The van der Waals surface area contributed by atoms with Crippen molar-refractivity contribution in [2.24, 2.45) is 0 Å². The second-order valence-corrected chi connectivity index (χ2v) is 7.76. The topological polar surface area (TPSA) is 45.2 Å². The van der Waals surface area contributed by atoms with Gasteiger partial charge in [0, 0.05) is 42.3 Å². The van der Waals surface area contributed by atoms with Crippen LogP contribution in [0.4, 0.5) is 0 Å². The number of aromatic nitrogens is 1. The molecule has 120 valence electrons. The standard InChI is InChI=1S/C17H18ClN3OS/c18-13-3-4-14-15(10-13)23(22)11-12-2-1-5-20-16(12)17(14)21-8-6-19-7-9-21/h1-5,10,17,19H,6-9,11H2. The van der Waals surface area contributed by atoms with Gasteiger partial charge in [0.1, 0.15) is 0 Å². The highest BCUT2D eigenvalue weighted by Crippen LogP contribution is 2.38. The molecule has 4 nitrogen and oxygen atoms in total. The molecule has 1 N–H and O–H groups in total. The lowest BCUT2D eigenvalue weighted by atomic mass is 9.97. The Morgan fingerprint density at radius 2 is 2.09 bits per heavy atom. The molecule has 0 aliphatic carbocycles. The lowest BCUT2D eigenvalue weighted by molar-refractivity contribution is 0.193. The normalized spacial score (nSPS) is 24.6. The first kappa shape index (κ1) is 15.3. The molecule has 2 aliphatic heterocycles. The van der Waals surface area contributed by atoms with Gasteiger partial charge in [0.2, 0.25) is 0 Å². The summed E-state index contributed by atoms with van der Waals surface area (Å²) in [7, 11) is -1.10. The molecule has 2 atom stereocenters. The number of halogens is 1. The Kier molecular flexibility index (Phi) is 4.20. The zero-order valence-electron chi connectivity index (χ0n) is 12.7. The molecule has 0 saturated carbocycles. The Morgan fingerprint density at radius 1 is 1.26 bits per heavy atom. The minimum atomic E-state index is -1.10. The number of rotatable bonds is 1. The molecule has 1 fully saturated rings. The summed E-state index contributed by atoms with van der Waals surface area (Å²) < 4.78 is 12.8. The predicted molar refractivity (Wildman–Crippen MR) is 92.1 cm³/mol. The van der Waals surface area contributed by atoms with Crippen LogP contribution in [0, 0.1) is 0 Å². The Balaban J connectivity index is 1.91. The van der Waals surface area contributed by atoms with Gasteiger partial charge in [-0.25, -0.2) is 0 Å². The quantitative estimate of drug-likeness (QED) is 0.860. The molecule has 0 radical (unpaired) electrons. The third-order valence-corrected chi connectivity index (χ3v) is 6.16. The molecule has 2 unspecified atom stereocenters. The maximum atomic E-state index is 12.8. The van der Waals surface area contributed by atoms with Crippen molar-refractivity contribution in [2.45, 2.75) is 16.7 Å². The van der Waals surface area contributed by atoms with Crippen LogP contribution in [0.3, 0.4) is 0 Å². The Labute approximate surface area is 143 Å². The molecular formula is C17H18ClN3OS. The maximum absolute atomic E-state index is 12.8. The van der Waals surface area contributed by atoms with Gasteiger partial charge < -0.3 is 5.32 Å². The fourth-order valence-electron chi connectivity index (χ4n) is 3.43. The fourth-order valence-corrected chi connectivity index (χ4v) is 5.05. The Bertz CT molecular complexity index is 761. The molecule has 1 aromatic heterocycles. The van der Waals surface area contributed by atoms with E-state index in [-0.39, 0.29) is 6.04 Å². The zero-order chi connectivity index (χ0) is 15.8. The molecule has 2 aliphatic rings. The summed E-state index contributed by atoms with van der Waals surface area (Å²) >= 11 is 6.17. The van der Waals surface area contributed by atoms with Crippen LogP contribution in [-0.2, 0) is 16.6 Å². The molecule has 0 amide bonds. The monoisotopic (exact) mass is 347 g/mol. The summed E-state index contributed by atoms with van der Waals surface area (Å²) in [4.78, 5) is 7.94. The number of pyridine rings is 1. The van der Waals surface area contributed by atoms with Crippen LogP contribution < -0.4 is 5.32 Å². The van der Waals surface area contributed by atoms with Gasteiger partial charge in [0.25, 0.3) is 0 Å². The maximum Gasteiger partial charge on any atom is 0.0792 e. The minimum Gasteiger partial charge on any atom is -0.314 e. The number of nitrogens with zero attached hydrogens (tertiary/aromatic N) is 2. The van der Waals surface area contributed by atoms with Crippen molar-refractivity contribution < 1.29 is 4.21 Å². The van der Waals surface area contributed by atoms with Gasteiger partial charge in [-0.2, -0.15) is 0 Å². The van der Waals surface area contributed by atoms with E-state index in [1.54, 1.807) is 0 Å². The van der Waals surface area contributed by atoms with Crippen molar-refractivity contribution in [3.05, 3.63) is 58.4 Å². The lowest BCUT2D eigenvalue weighted by Gasteiger charge is -2.35. The third-order valence-electron chi connectivity index (χ3n) is 4.50. The summed E-state index contributed by atoms with van der Waals surface area (Å²) in [5, 5.41) is 4.03. The molecular weight excluding hydrogens is 330 g/mol. The van der Waals surface area contributed by atoms with E-state index >= 15 is 0 Å². The highest BCUT2D eigenvalue weighted by Gasteiger charge is 2.33. The number of nitrogens with one attached hydrogen (secondary N) is 1. The average molecular weight is 348 g/mol. The second-order valence-electron chi connectivity index (χ2n) is 5.91. The van der Waals surface area contributed by atoms with Crippen LogP contribution in [0.25, 0.3) is 0 Å². The predicted octanol–water partition coefficient (Wildman–Crippen LogP) is 2.35. The molecule has 1 saturated heterocycles. The first-order valence-electron chi connectivity index (χ1n) is 7.80. The van der Waals surface area contributed by atoms with Crippen molar-refractivity contribution in [3.63, 3.8) is 0 Å². The zero-order valence-corrected chi connectivity index (χ0v) is 14.2.